The Morgan fingerprint density at radius 1 is 0.861 bits per heavy atom. The van der Waals surface area contributed by atoms with Crippen molar-refractivity contribution in [2.75, 3.05) is 0 Å². The maximum atomic E-state index is 13.0. The van der Waals surface area contributed by atoms with Crippen LogP contribution in [0.15, 0.2) is 84.0 Å². The lowest BCUT2D eigenvalue weighted by Crippen LogP contribution is -2.32. The molecule has 5 nitrogen and oxygen atoms in total. The van der Waals surface area contributed by atoms with Crippen LogP contribution in [0.2, 0.25) is 0 Å². The maximum absolute atomic E-state index is 13.0. The molecule has 0 N–H and O–H groups in total. The van der Waals surface area contributed by atoms with Crippen molar-refractivity contribution in [3.8, 4) is 22.5 Å². The average molecular weight is 476 g/mol. The molecular weight excluding hydrogens is 446 g/mol. The molecule has 6 rings (SSSR count). The van der Waals surface area contributed by atoms with Crippen LogP contribution >= 0.6 is 0 Å². The van der Waals surface area contributed by atoms with Crippen LogP contribution in [0.5, 0.6) is 0 Å². The van der Waals surface area contributed by atoms with Crippen LogP contribution in [0.1, 0.15) is 50.4 Å². The second kappa shape index (κ2) is 8.37. The molecule has 0 amide bonds. The molecule has 0 aliphatic heterocycles. The molecule has 0 spiro atoms. The molecular formula is C31H29N3O2. The normalized spacial score (nSPS) is 23.3. The second-order valence-corrected chi connectivity index (χ2v) is 10.8. The van der Waals surface area contributed by atoms with Crippen molar-refractivity contribution in [1.82, 2.24) is 9.97 Å². The van der Waals surface area contributed by atoms with Gasteiger partial charge in [0.25, 0.3) is 0 Å². The summed E-state index contributed by atoms with van der Waals surface area (Å²) in [5.74, 6) is 0.134. The third-order valence-corrected chi connectivity index (χ3v) is 8.75. The number of carbonyl (C=O) groups is 1. The van der Waals surface area contributed by atoms with Gasteiger partial charge in [0.15, 0.2) is 0 Å². The largest absolute Gasteiger partial charge is 0.365 e. The summed E-state index contributed by atoms with van der Waals surface area (Å²) in [6.07, 6.45) is 3.22. The number of hydrogen-bond donors (Lipinski definition) is 0. The fourth-order valence-electron chi connectivity index (χ4n) is 5.99. The molecule has 1 aromatic heterocycles. The van der Waals surface area contributed by atoms with E-state index in [1.54, 1.807) is 12.1 Å². The summed E-state index contributed by atoms with van der Waals surface area (Å²) in [4.78, 5) is 28.4. The number of carbonyl (C=O) groups excluding carboxylic acids is 1. The number of benzene rings is 3. The molecule has 0 saturated heterocycles. The quantitative estimate of drug-likeness (QED) is 0.229. The minimum absolute atomic E-state index is 0.00870. The Hall–Kier alpha value is -3.86. The third kappa shape index (κ3) is 3.53. The molecule has 2 fully saturated rings. The fourth-order valence-corrected chi connectivity index (χ4v) is 5.99. The number of nitrogens with zero attached hydrogens (tertiary/aromatic N) is 3. The van der Waals surface area contributed by atoms with Crippen molar-refractivity contribution in [3.05, 3.63) is 84.4 Å². The molecule has 2 atom stereocenters. The van der Waals surface area contributed by atoms with E-state index in [0.717, 1.165) is 46.6 Å². The van der Waals surface area contributed by atoms with Gasteiger partial charge in [-0.3, -0.25) is 0 Å². The molecule has 3 aromatic carbocycles. The van der Waals surface area contributed by atoms with Crippen LogP contribution in [0, 0.1) is 16.7 Å². The summed E-state index contributed by atoms with van der Waals surface area (Å²) < 4.78 is 0. The van der Waals surface area contributed by atoms with Crippen LogP contribution in [0.4, 0.5) is 0 Å². The van der Waals surface area contributed by atoms with Gasteiger partial charge in [0, 0.05) is 16.5 Å². The van der Waals surface area contributed by atoms with Crippen molar-refractivity contribution < 1.29 is 9.63 Å². The van der Waals surface area contributed by atoms with Crippen molar-refractivity contribution >= 4 is 22.7 Å². The van der Waals surface area contributed by atoms with Gasteiger partial charge < -0.3 is 4.84 Å². The summed E-state index contributed by atoms with van der Waals surface area (Å²) in [5, 5.41) is 4.38. The maximum Gasteiger partial charge on any atom is 0.365 e. The van der Waals surface area contributed by atoms with E-state index in [4.69, 9.17) is 14.8 Å². The van der Waals surface area contributed by atoms with Gasteiger partial charge in [0.1, 0.15) is 0 Å². The minimum Gasteiger partial charge on any atom is -0.313 e. The predicted molar refractivity (Wildman–Crippen MR) is 142 cm³/mol. The molecule has 5 heteroatoms. The number of aromatic nitrogens is 2. The number of hydrogen-bond acceptors (Lipinski definition) is 5. The Balaban J connectivity index is 1.35. The highest BCUT2D eigenvalue weighted by Crippen LogP contribution is 2.64. The molecule has 2 unspecified atom stereocenters. The topological polar surface area (TPSA) is 64.4 Å². The first kappa shape index (κ1) is 22.6. The summed E-state index contributed by atoms with van der Waals surface area (Å²) >= 11 is 0. The fraction of sp³-hybridized carbons (Fsp3) is 0.290. The Morgan fingerprint density at radius 3 is 2.03 bits per heavy atom. The van der Waals surface area contributed by atoms with E-state index in [-0.39, 0.29) is 10.8 Å². The first-order chi connectivity index (χ1) is 17.4. The summed E-state index contributed by atoms with van der Waals surface area (Å²) in [7, 11) is 0. The third-order valence-electron chi connectivity index (χ3n) is 8.75. The lowest BCUT2D eigenvalue weighted by atomic mass is 9.70. The zero-order valence-corrected chi connectivity index (χ0v) is 20.9. The van der Waals surface area contributed by atoms with Crippen molar-refractivity contribution in [2.24, 2.45) is 21.9 Å². The lowest BCUT2D eigenvalue weighted by Gasteiger charge is -2.34. The van der Waals surface area contributed by atoms with Crippen molar-refractivity contribution in [1.29, 1.82) is 0 Å². The number of oxime groups is 1. The number of fused-ring (bicyclic) bond motifs is 3. The van der Waals surface area contributed by atoms with Crippen LogP contribution in [-0.2, 0) is 4.84 Å². The van der Waals surface area contributed by atoms with Gasteiger partial charge in [-0.1, -0.05) is 86.6 Å². The van der Waals surface area contributed by atoms with Gasteiger partial charge in [0.2, 0.25) is 0 Å². The van der Waals surface area contributed by atoms with E-state index in [0.29, 0.717) is 17.0 Å². The first-order valence-corrected chi connectivity index (χ1v) is 12.6. The van der Waals surface area contributed by atoms with E-state index in [9.17, 15) is 4.79 Å². The van der Waals surface area contributed by atoms with E-state index in [1.165, 1.54) is 6.42 Å². The molecule has 2 aliphatic carbocycles. The van der Waals surface area contributed by atoms with E-state index in [2.05, 4.69) is 25.9 Å². The first-order valence-electron chi connectivity index (χ1n) is 12.6. The minimum atomic E-state index is -0.469. The highest BCUT2D eigenvalue weighted by atomic mass is 16.7. The number of rotatable bonds is 4. The van der Waals surface area contributed by atoms with Crippen LogP contribution in [-0.4, -0.2) is 21.6 Å². The van der Waals surface area contributed by atoms with E-state index in [1.807, 2.05) is 66.7 Å². The molecule has 2 aliphatic rings. The monoisotopic (exact) mass is 475 g/mol. The highest BCUT2D eigenvalue weighted by Gasteiger charge is 2.60. The standard InChI is InChI=1S/C31H29N3O2/c1-30(2)23-16-17-31(30,3)26(19-23)34-36-29(35)22-14-15-24-25(18-22)33-28(21-12-8-5-9-13-21)27(32-24)20-10-6-4-7-11-20/h4-15,18,23H,16-17,19H2,1-3H3/b34-26+. The Morgan fingerprint density at radius 2 is 1.47 bits per heavy atom. The molecule has 36 heavy (non-hydrogen) atoms. The SMILES string of the molecule is CC12CCC(C/C1=N\OC(=O)c1ccc3nc(-c4ccccc4)c(-c4ccccc4)nc3c1)C2(C)C. The van der Waals surface area contributed by atoms with Gasteiger partial charge in [-0.15, -0.1) is 0 Å². The molecule has 2 bridgehead atoms. The molecule has 0 radical (unpaired) electrons. The Labute approximate surface area is 211 Å². The van der Waals surface area contributed by atoms with Gasteiger partial charge in [0.05, 0.1) is 33.7 Å². The van der Waals surface area contributed by atoms with Gasteiger partial charge >= 0.3 is 5.97 Å². The molecule has 180 valence electrons. The van der Waals surface area contributed by atoms with Gasteiger partial charge in [-0.2, -0.15) is 0 Å². The lowest BCUT2D eigenvalue weighted by molar-refractivity contribution is 0.0508. The van der Waals surface area contributed by atoms with Crippen LogP contribution < -0.4 is 0 Å². The second-order valence-electron chi connectivity index (χ2n) is 10.8. The molecule has 4 aromatic rings. The Bertz CT molecular complexity index is 1490. The average Bonchev–Trinajstić information content (AvgIpc) is 3.25. The molecule has 1 heterocycles. The van der Waals surface area contributed by atoms with Gasteiger partial charge in [-0.05, 0) is 48.8 Å². The summed E-state index contributed by atoms with van der Waals surface area (Å²) in [6.45, 7) is 6.88. The van der Waals surface area contributed by atoms with Crippen LogP contribution in [0.25, 0.3) is 33.5 Å². The van der Waals surface area contributed by atoms with E-state index >= 15 is 0 Å². The summed E-state index contributed by atoms with van der Waals surface area (Å²) in [5.41, 5.74) is 6.51. The Kier molecular flexibility index (Phi) is 5.25. The zero-order valence-electron chi connectivity index (χ0n) is 20.9. The predicted octanol–water partition coefficient (Wildman–Crippen LogP) is 7.32. The smallest absolute Gasteiger partial charge is 0.313 e. The van der Waals surface area contributed by atoms with Crippen molar-refractivity contribution in [3.63, 3.8) is 0 Å². The summed E-state index contributed by atoms with van der Waals surface area (Å²) in [6, 6.07) is 25.4. The molecule has 2 saturated carbocycles. The van der Waals surface area contributed by atoms with Crippen molar-refractivity contribution in [2.45, 2.75) is 40.0 Å². The zero-order chi connectivity index (χ0) is 24.9. The van der Waals surface area contributed by atoms with Crippen LogP contribution in [0.3, 0.4) is 0 Å². The highest BCUT2D eigenvalue weighted by molar-refractivity contribution is 5.97. The van der Waals surface area contributed by atoms with E-state index < -0.39 is 5.97 Å². The van der Waals surface area contributed by atoms with Gasteiger partial charge in [-0.25, -0.2) is 14.8 Å².